The van der Waals surface area contributed by atoms with Gasteiger partial charge in [-0.1, -0.05) is 265 Å². The summed E-state index contributed by atoms with van der Waals surface area (Å²) in [5.41, 5.74) is 17.0. The zero-order valence-electron chi connectivity index (χ0n) is 52.5. The minimum absolute atomic E-state index is 0.814. The van der Waals surface area contributed by atoms with E-state index in [1.165, 1.54) is 257 Å². The lowest BCUT2D eigenvalue weighted by Crippen LogP contribution is -2.04. The fourth-order valence-electron chi connectivity index (χ4n) is 13.7. The number of aryl methyl sites for hydroxylation is 6. The molecular weight excluding hydrogens is 1010 g/mol. The zero-order chi connectivity index (χ0) is 58.0. The van der Waals surface area contributed by atoms with Gasteiger partial charge in [-0.15, -0.1) is 0 Å². The van der Waals surface area contributed by atoms with Crippen molar-refractivity contribution >= 4 is 53.9 Å². The number of hydrogen-bond acceptors (Lipinski definition) is 2. The lowest BCUT2D eigenvalue weighted by molar-refractivity contribution is 0.605. The first-order chi connectivity index (χ1) is 41.3. The Morgan fingerprint density at radius 2 is 0.667 bits per heavy atom. The highest BCUT2D eigenvalue weighted by atomic mass is 14.9. The summed E-state index contributed by atoms with van der Waals surface area (Å²) in [7, 11) is 0. The van der Waals surface area contributed by atoms with Crippen LogP contribution in [0.3, 0.4) is 0 Å². The van der Waals surface area contributed by atoms with Crippen LogP contribution in [0.25, 0.3) is 98.9 Å². The summed E-state index contributed by atoms with van der Waals surface area (Å²) in [6, 6.07) is 56.8. The van der Waals surface area contributed by atoms with E-state index in [0.29, 0.717) is 0 Å². The molecule has 0 saturated heterocycles. The minimum Gasteiger partial charge on any atom is -0.228 e. The number of rotatable bonds is 32. The van der Waals surface area contributed by atoms with E-state index >= 15 is 0 Å². The van der Waals surface area contributed by atoms with E-state index in [1.807, 2.05) is 0 Å². The highest BCUT2D eigenvalue weighted by Crippen LogP contribution is 2.41. The molecule has 0 spiro atoms. The fraction of sp³-hybridized carbons (Fsp3) is 0.415. The molecule has 0 aliphatic rings. The van der Waals surface area contributed by atoms with Crippen molar-refractivity contribution in [1.82, 2.24) is 9.97 Å². The Morgan fingerprint density at radius 3 is 1.19 bits per heavy atom. The molecule has 0 aliphatic heterocycles. The van der Waals surface area contributed by atoms with Crippen molar-refractivity contribution in [2.24, 2.45) is 0 Å². The first-order valence-electron chi connectivity index (χ1n) is 33.8. The predicted molar refractivity (Wildman–Crippen MR) is 369 cm³/mol. The van der Waals surface area contributed by atoms with Crippen molar-refractivity contribution in [3.8, 4) is 45.0 Å². The van der Waals surface area contributed by atoms with Crippen LogP contribution in [-0.2, 0) is 25.7 Å². The van der Waals surface area contributed by atoms with E-state index in [1.54, 1.807) is 0 Å². The van der Waals surface area contributed by atoms with Crippen LogP contribution in [0.4, 0.5) is 0 Å². The van der Waals surface area contributed by atoms with Gasteiger partial charge in [0.15, 0.2) is 5.82 Å². The summed E-state index contributed by atoms with van der Waals surface area (Å²) in [4.78, 5) is 11.7. The van der Waals surface area contributed by atoms with Crippen molar-refractivity contribution in [3.63, 3.8) is 0 Å². The maximum Gasteiger partial charge on any atom is 0.160 e. The molecule has 0 bridgehead atoms. The van der Waals surface area contributed by atoms with Gasteiger partial charge in [0.25, 0.3) is 0 Å². The van der Waals surface area contributed by atoms with Crippen LogP contribution in [-0.4, -0.2) is 9.97 Å². The smallest absolute Gasteiger partial charge is 0.160 e. The summed E-state index contributed by atoms with van der Waals surface area (Å²) < 4.78 is 0. The van der Waals surface area contributed by atoms with Gasteiger partial charge in [0.1, 0.15) is 0 Å². The lowest BCUT2D eigenvalue weighted by atomic mass is 9.86. The van der Waals surface area contributed by atoms with Crippen LogP contribution in [0.5, 0.6) is 0 Å². The maximum atomic E-state index is 5.88. The van der Waals surface area contributed by atoms with Gasteiger partial charge in [-0.25, -0.2) is 9.97 Å². The average molecular weight is 1110 g/mol. The Kier molecular flexibility index (Phi) is 21.9. The van der Waals surface area contributed by atoms with Crippen molar-refractivity contribution < 1.29 is 0 Å². The minimum atomic E-state index is 0.814. The Bertz CT molecular complexity index is 3750. The van der Waals surface area contributed by atoms with Gasteiger partial charge in [0.2, 0.25) is 0 Å². The second-order valence-corrected chi connectivity index (χ2v) is 25.3. The number of fused-ring (bicyclic) bond motifs is 8. The maximum absolute atomic E-state index is 5.88. The van der Waals surface area contributed by atoms with Gasteiger partial charge in [-0.3, -0.25) is 0 Å². The average Bonchev–Trinajstić information content (AvgIpc) is 3.31. The van der Waals surface area contributed by atoms with Crippen molar-refractivity contribution in [2.45, 2.75) is 221 Å². The Labute approximate surface area is 506 Å². The van der Waals surface area contributed by atoms with Gasteiger partial charge >= 0.3 is 0 Å². The fourth-order valence-corrected chi connectivity index (χ4v) is 13.7. The third kappa shape index (κ3) is 15.1. The highest BCUT2D eigenvalue weighted by molar-refractivity contribution is 6.25. The molecule has 2 heteroatoms. The van der Waals surface area contributed by atoms with Crippen molar-refractivity contribution in [3.05, 3.63) is 179 Å². The van der Waals surface area contributed by atoms with E-state index < -0.39 is 0 Å². The van der Waals surface area contributed by atoms with Gasteiger partial charge in [-0.05, 0) is 200 Å². The molecule has 9 aromatic carbocycles. The Balaban J connectivity index is 1.17. The Morgan fingerprint density at radius 1 is 0.274 bits per heavy atom. The van der Waals surface area contributed by atoms with Crippen LogP contribution in [0.15, 0.2) is 146 Å². The second-order valence-electron chi connectivity index (χ2n) is 25.3. The molecule has 0 fully saturated rings. The predicted octanol–water partition coefficient (Wildman–Crippen LogP) is 25.1. The molecule has 0 unspecified atom stereocenters. The molecule has 10 aromatic rings. The zero-order valence-corrected chi connectivity index (χ0v) is 52.5. The molecule has 0 N–H and O–H groups in total. The Hall–Kier alpha value is -6.64. The van der Waals surface area contributed by atoms with Gasteiger partial charge in [-0.2, -0.15) is 0 Å². The van der Waals surface area contributed by atoms with Crippen molar-refractivity contribution in [1.29, 1.82) is 0 Å². The number of hydrogen-bond donors (Lipinski definition) is 0. The van der Waals surface area contributed by atoms with E-state index in [-0.39, 0.29) is 0 Å². The third-order valence-electron chi connectivity index (χ3n) is 18.6. The number of benzene rings is 9. The van der Waals surface area contributed by atoms with Crippen LogP contribution < -0.4 is 0 Å². The van der Waals surface area contributed by atoms with E-state index in [0.717, 1.165) is 54.9 Å². The van der Waals surface area contributed by atoms with Crippen molar-refractivity contribution in [2.75, 3.05) is 0 Å². The van der Waals surface area contributed by atoms with E-state index in [9.17, 15) is 0 Å². The molecule has 0 radical (unpaired) electrons. The largest absolute Gasteiger partial charge is 0.228 e. The summed E-state index contributed by atoms with van der Waals surface area (Å²) in [5, 5.41) is 12.9. The second kappa shape index (κ2) is 30.4. The molecular formula is C82H98N2. The molecule has 84 heavy (non-hydrogen) atoms. The molecule has 0 aliphatic carbocycles. The summed E-state index contributed by atoms with van der Waals surface area (Å²) in [5.74, 6) is 0.814. The topological polar surface area (TPSA) is 25.8 Å². The first-order valence-corrected chi connectivity index (χ1v) is 33.8. The van der Waals surface area contributed by atoms with Crippen LogP contribution in [0, 0.1) is 13.8 Å². The summed E-state index contributed by atoms with van der Waals surface area (Å²) >= 11 is 0. The molecule has 436 valence electrons. The SMILES string of the molecule is CCCCCCCCc1cc(-c2cc(-c3cc(CCCCCCCC)c(-c4ccc5cc6cc(C)ccc6cc5c4)cc3CCCCCCCC)nc(-c3ccc4c5ccccc5c5ccccc5c4c3)n2)c(CCCCCCCC)cc1C. The number of unbranched alkanes of at least 4 members (excludes halogenated alkanes) is 20. The van der Waals surface area contributed by atoms with Gasteiger partial charge < -0.3 is 0 Å². The van der Waals surface area contributed by atoms with E-state index in [4.69, 9.17) is 9.97 Å². The molecule has 0 amide bonds. The molecule has 1 aromatic heterocycles. The summed E-state index contributed by atoms with van der Waals surface area (Å²) in [6.07, 6.45) is 34.9. The van der Waals surface area contributed by atoms with E-state index in [2.05, 4.69) is 187 Å². The van der Waals surface area contributed by atoms with Gasteiger partial charge in [0.05, 0.1) is 11.4 Å². The first kappa shape index (κ1) is 60.5. The molecule has 1 heterocycles. The monoisotopic (exact) mass is 1110 g/mol. The molecule has 0 atom stereocenters. The summed E-state index contributed by atoms with van der Waals surface area (Å²) in [6.45, 7) is 13.9. The van der Waals surface area contributed by atoms with Crippen LogP contribution in [0.1, 0.15) is 215 Å². The van der Waals surface area contributed by atoms with Crippen LogP contribution >= 0.6 is 0 Å². The highest BCUT2D eigenvalue weighted by Gasteiger charge is 2.21. The number of nitrogens with zero attached hydrogens (tertiary/aromatic N) is 2. The molecule has 0 saturated carbocycles. The molecule has 2 nitrogen and oxygen atoms in total. The lowest BCUT2D eigenvalue weighted by Gasteiger charge is -2.20. The molecule has 10 rings (SSSR count). The van der Waals surface area contributed by atoms with Crippen LogP contribution in [0.2, 0.25) is 0 Å². The van der Waals surface area contributed by atoms with Gasteiger partial charge in [0, 0.05) is 16.7 Å². The normalized spacial score (nSPS) is 11.8. The number of aromatic nitrogens is 2. The standard InChI is InChI=1S/C82H98N2/c1-7-11-15-19-23-27-35-61-54-77(64(50-60(61)6)36-28-24-20-16-12-8-2)80-58-81(84-82(83-80)68-47-48-75-73-41-32-31-39-71(73)72-40-33-34-42-74(72)79(75)57-68)78-56-65(37-29-25-21-17-13-9-3)76(55-66(78)38-30-26-22-18-14-10-4)67-46-45-63-51-69-49-59(5)43-44-62(69)52-70(63)53-67/h31-34,39-58H,7-30,35-38H2,1-6H3. The quantitative estimate of drug-likeness (QED) is 0.0239. The third-order valence-corrected chi connectivity index (χ3v) is 18.6.